The Morgan fingerprint density at radius 3 is 2.90 bits per heavy atom. The first-order valence-corrected chi connectivity index (χ1v) is 8.19. The van der Waals surface area contributed by atoms with Crippen LogP contribution in [0, 0.1) is 0 Å². The molecule has 8 heteroatoms. The summed E-state index contributed by atoms with van der Waals surface area (Å²) >= 11 is 1.43. The van der Waals surface area contributed by atoms with Gasteiger partial charge in [0.2, 0.25) is 5.13 Å². The Kier molecular flexibility index (Phi) is 6.34. The van der Waals surface area contributed by atoms with Gasteiger partial charge in [-0.15, -0.1) is 10.2 Å². The first-order chi connectivity index (χ1) is 10.2. The minimum absolute atomic E-state index is 0.227. The Morgan fingerprint density at radius 2 is 2.19 bits per heavy atom. The van der Waals surface area contributed by atoms with Crippen LogP contribution in [0.1, 0.15) is 25.3 Å². The topological polar surface area (TPSA) is 79.4 Å². The maximum Gasteiger partial charge on any atom is 0.321 e. The number of ether oxygens (including phenoxy) is 1. The van der Waals surface area contributed by atoms with Crippen molar-refractivity contribution < 1.29 is 9.53 Å². The van der Waals surface area contributed by atoms with Crippen molar-refractivity contribution in [2.75, 3.05) is 38.2 Å². The summed E-state index contributed by atoms with van der Waals surface area (Å²) in [5, 5.41) is 15.1. The number of carbonyl (C=O) groups is 1. The molecule has 0 aliphatic carbocycles. The quantitative estimate of drug-likeness (QED) is 0.828. The number of hydrogen-bond acceptors (Lipinski definition) is 6. The zero-order valence-corrected chi connectivity index (χ0v) is 13.4. The smallest absolute Gasteiger partial charge is 0.321 e. The predicted molar refractivity (Wildman–Crippen MR) is 82.8 cm³/mol. The van der Waals surface area contributed by atoms with Crippen LogP contribution < -0.4 is 10.6 Å². The van der Waals surface area contributed by atoms with Gasteiger partial charge in [0, 0.05) is 32.1 Å². The third kappa shape index (κ3) is 5.22. The molecule has 0 bridgehead atoms. The fraction of sp³-hybridized carbons (Fsp3) is 0.769. The Labute approximate surface area is 129 Å². The number of hydrogen-bond donors (Lipinski definition) is 2. The van der Waals surface area contributed by atoms with Gasteiger partial charge in [0.1, 0.15) is 5.01 Å². The SMILES string of the molecule is CCCc1nnc(NC(=O)NC[C@@H](C)N2CCOCC2)s1. The highest BCUT2D eigenvalue weighted by atomic mass is 32.1. The molecule has 1 saturated heterocycles. The Morgan fingerprint density at radius 1 is 1.43 bits per heavy atom. The van der Waals surface area contributed by atoms with Crippen LogP contribution in [0.3, 0.4) is 0 Å². The second-order valence-electron chi connectivity index (χ2n) is 5.08. The van der Waals surface area contributed by atoms with E-state index < -0.39 is 0 Å². The molecular weight excluding hydrogens is 290 g/mol. The fourth-order valence-corrected chi connectivity index (χ4v) is 2.98. The summed E-state index contributed by atoms with van der Waals surface area (Å²) in [6.07, 6.45) is 1.92. The van der Waals surface area contributed by atoms with E-state index >= 15 is 0 Å². The summed E-state index contributed by atoms with van der Waals surface area (Å²) in [4.78, 5) is 14.2. The zero-order chi connectivity index (χ0) is 15.1. The standard InChI is InChI=1S/C13H23N5O2S/c1-3-4-11-16-17-13(21-11)15-12(19)14-9-10(2)18-5-7-20-8-6-18/h10H,3-9H2,1-2H3,(H2,14,15,17,19)/t10-/m1/s1. The lowest BCUT2D eigenvalue weighted by Crippen LogP contribution is -2.47. The van der Waals surface area contributed by atoms with E-state index in [-0.39, 0.29) is 6.03 Å². The summed E-state index contributed by atoms with van der Waals surface area (Å²) in [7, 11) is 0. The van der Waals surface area contributed by atoms with Gasteiger partial charge in [-0.05, 0) is 13.3 Å². The van der Waals surface area contributed by atoms with Gasteiger partial charge < -0.3 is 10.1 Å². The summed E-state index contributed by atoms with van der Waals surface area (Å²) in [5.41, 5.74) is 0. The first kappa shape index (κ1) is 16.1. The van der Waals surface area contributed by atoms with Crippen LogP contribution in [0.15, 0.2) is 0 Å². The van der Waals surface area contributed by atoms with Crippen LogP contribution in [0.25, 0.3) is 0 Å². The lowest BCUT2D eigenvalue weighted by molar-refractivity contribution is 0.0209. The highest BCUT2D eigenvalue weighted by Gasteiger charge is 2.17. The van der Waals surface area contributed by atoms with Crippen LogP contribution >= 0.6 is 11.3 Å². The van der Waals surface area contributed by atoms with Gasteiger partial charge >= 0.3 is 6.03 Å². The summed E-state index contributed by atoms with van der Waals surface area (Å²) in [5.74, 6) is 0. The lowest BCUT2D eigenvalue weighted by atomic mass is 10.2. The molecule has 1 fully saturated rings. The lowest BCUT2D eigenvalue weighted by Gasteiger charge is -2.32. The molecule has 0 unspecified atom stereocenters. The Bertz CT molecular complexity index is 448. The number of aromatic nitrogens is 2. The number of morpholine rings is 1. The maximum atomic E-state index is 11.8. The minimum atomic E-state index is -0.227. The molecule has 118 valence electrons. The molecule has 0 aromatic carbocycles. The number of anilines is 1. The van der Waals surface area contributed by atoms with Gasteiger partial charge in [-0.2, -0.15) is 0 Å². The normalized spacial score (nSPS) is 17.4. The molecule has 1 aliphatic rings. The van der Waals surface area contributed by atoms with Crippen LogP contribution in [-0.2, 0) is 11.2 Å². The molecule has 1 aromatic rings. The summed E-state index contributed by atoms with van der Waals surface area (Å²) in [6, 6.07) is 0.0685. The Balaban J connectivity index is 1.70. The fourth-order valence-electron chi connectivity index (χ4n) is 2.15. The zero-order valence-electron chi connectivity index (χ0n) is 12.6. The molecule has 0 spiro atoms. The van der Waals surface area contributed by atoms with Gasteiger partial charge in [-0.1, -0.05) is 18.3 Å². The van der Waals surface area contributed by atoms with Crippen molar-refractivity contribution in [3.05, 3.63) is 5.01 Å². The van der Waals surface area contributed by atoms with Crippen molar-refractivity contribution in [1.82, 2.24) is 20.4 Å². The van der Waals surface area contributed by atoms with Crippen LogP contribution in [0.4, 0.5) is 9.93 Å². The Hall–Kier alpha value is -1.25. The average molecular weight is 313 g/mol. The number of rotatable bonds is 6. The number of urea groups is 1. The molecule has 1 atom stereocenters. The third-order valence-corrected chi connectivity index (χ3v) is 4.28. The molecule has 2 amide bonds. The van der Waals surface area contributed by atoms with E-state index in [0.29, 0.717) is 17.7 Å². The van der Waals surface area contributed by atoms with E-state index in [4.69, 9.17) is 4.74 Å². The van der Waals surface area contributed by atoms with Crippen LogP contribution in [0.2, 0.25) is 0 Å². The first-order valence-electron chi connectivity index (χ1n) is 7.38. The van der Waals surface area contributed by atoms with Crippen molar-refractivity contribution in [3.8, 4) is 0 Å². The molecule has 2 rings (SSSR count). The third-order valence-electron chi connectivity index (χ3n) is 3.38. The van der Waals surface area contributed by atoms with Crippen molar-refractivity contribution in [1.29, 1.82) is 0 Å². The largest absolute Gasteiger partial charge is 0.379 e. The molecule has 0 radical (unpaired) electrons. The number of amides is 2. The summed E-state index contributed by atoms with van der Waals surface area (Å²) in [6.45, 7) is 8.17. The van der Waals surface area contributed by atoms with E-state index in [2.05, 4.69) is 39.6 Å². The number of aryl methyl sites for hydroxylation is 1. The van der Waals surface area contributed by atoms with Crippen molar-refractivity contribution >= 4 is 22.5 Å². The molecule has 1 aliphatic heterocycles. The molecule has 21 heavy (non-hydrogen) atoms. The molecule has 7 nitrogen and oxygen atoms in total. The van der Waals surface area contributed by atoms with Crippen molar-refractivity contribution in [3.63, 3.8) is 0 Å². The second kappa shape index (κ2) is 8.26. The van der Waals surface area contributed by atoms with Gasteiger partial charge in [0.05, 0.1) is 13.2 Å². The second-order valence-corrected chi connectivity index (χ2v) is 6.15. The van der Waals surface area contributed by atoms with Crippen molar-refractivity contribution in [2.45, 2.75) is 32.7 Å². The minimum Gasteiger partial charge on any atom is -0.379 e. The van der Waals surface area contributed by atoms with Gasteiger partial charge in [-0.25, -0.2) is 4.79 Å². The highest BCUT2D eigenvalue weighted by molar-refractivity contribution is 7.15. The number of nitrogens with zero attached hydrogens (tertiary/aromatic N) is 3. The van der Waals surface area contributed by atoms with Gasteiger partial charge in [0.15, 0.2) is 0 Å². The van der Waals surface area contributed by atoms with Crippen molar-refractivity contribution in [2.24, 2.45) is 0 Å². The molecular formula is C13H23N5O2S. The van der Waals surface area contributed by atoms with E-state index in [9.17, 15) is 4.79 Å². The highest BCUT2D eigenvalue weighted by Crippen LogP contribution is 2.16. The number of carbonyl (C=O) groups excluding carboxylic acids is 1. The monoisotopic (exact) mass is 313 g/mol. The number of nitrogens with one attached hydrogen (secondary N) is 2. The van der Waals surface area contributed by atoms with Crippen LogP contribution in [-0.4, -0.2) is 60.0 Å². The molecule has 0 saturated carbocycles. The molecule has 2 N–H and O–H groups in total. The van der Waals surface area contributed by atoms with E-state index in [1.165, 1.54) is 11.3 Å². The van der Waals surface area contributed by atoms with E-state index in [1.54, 1.807) is 0 Å². The van der Waals surface area contributed by atoms with Crippen LogP contribution in [0.5, 0.6) is 0 Å². The van der Waals surface area contributed by atoms with E-state index in [0.717, 1.165) is 44.2 Å². The van der Waals surface area contributed by atoms with Gasteiger partial charge in [-0.3, -0.25) is 10.2 Å². The maximum absolute atomic E-state index is 11.8. The predicted octanol–water partition coefficient (Wildman–Crippen LogP) is 1.33. The average Bonchev–Trinajstić information content (AvgIpc) is 2.93. The molecule has 1 aromatic heterocycles. The molecule has 2 heterocycles. The summed E-state index contributed by atoms with van der Waals surface area (Å²) < 4.78 is 5.32. The van der Waals surface area contributed by atoms with Gasteiger partial charge in [0.25, 0.3) is 0 Å². The van der Waals surface area contributed by atoms with E-state index in [1.807, 2.05) is 0 Å².